The molecule has 1 aromatic rings. The minimum Gasteiger partial charge on any atom is -0.292 e. The lowest BCUT2D eigenvalue weighted by atomic mass is 9.96. The first-order valence-corrected chi connectivity index (χ1v) is 5.25. The zero-order valence-corrected chi connectivity index (χ0v) is 8.70. The van der Waals surface area contributed by atoms with E-state index in [2.05, 4.69) is 4.98 Å². The number of carbonyl (C=O) groups is 1. The van der Waals surface area contributed by atoms with E-state index in [-0.39, 0.29) is 18.2 Å². The van der Waals surface area contributed by atoms with Crippen molar-refractivity contribution < 1.29 is 9.72 Å². The first-order chi connectivity index (χ1) is 7.68. The van der Waals surface area contributed by atoms with Gasteiger partial charge in [0.25, 0.3) is 0 Å². The monoisotopic (exact) mass is 220 g/mol. The third kappa shape index (κ3) is 2.42. The fourth-order valence-corrected chi connectivity index (χ4v) is 1.80. The van der Waals surface area contributed by atoms with Gasteiger partial charge in [-0.25, -0.2) is 0 Å². The summed E-state index contributed by atoms with van der Waals surface area (Å²) >= 11 is 0. The van der Waals surface area contributed by atoms with Crippen molar-refractivity contribution in [3.63, 3.8) is 0 Å². The molecule has 0 amide bonds. The second-order valence-corrected chi connectivity index (χ2v) is 4.04. The summed E-state index contributed by atoms with van der Waals surface area (Å²) in [5.74, 6) is -0.510. The van der Waals surface area contributed by atoms with Crippen molar-refractivity contribution in [3.8, 4) is 0 Å². The van der Waals surface area contributed by atoms with Gasteiger partial charge in [0.1, 0.15) is 5.69 Å². The van der Waals surface area contributed by atoms with Crippen molar-refractivity contribution in [2.75, 3.05) is 6.54 Å². The maximum Gasteiger partial charge on any atom is 0.214 e. The third-order valence-corrected chi connectivity index (χ3v) is 2.79. The predicted molar refractivity (Wildman–Crippen MR) is 56.6 cm³/mol. The van der Waals surface area contributed by atoms with Crippen LogP contribution in [-0.2, 0) is 0 Å². The molecule has 0 spiro atoms. The topological polar surface area (TPSA) is 73.1 Å². The number of ketones is 1. The molecule has 1 aromatic heterocycles. The Morgan fingerprint density at radius 1 is 1.56 bits per heavy atom. The molecule has 0 bridgehead atoms. The van der Waals surface area contributed by atoms with E-state index in [1.807, 2.05) is 0 Å². The molecule has 84 valence electrons. The molecule has 1 aliphatic rings. The van der Waals surface area contributed by atoms with Gasteiger partial charge in [0.15, 0.2) is 5.78 Å². The molecular weight excluding hydrogens is 208 g/mol. The molecule has 5 heteroatoms. The Morgan fingerprint density at radius 2 is 2.31 bits per heavy atom. The van der Waals surface area contributed by atoms with Crippen molar-refractivity contribution in [2.45, 2.75) is 12.8 Å². The second-order valence-electron chi connectivity index (χ2n) is 4.04. The lowest BCUT2D eigenvalue weighted by Crippen LogP contribution is -2.25. The van der Waals surface area contributed by atoms with E-state index in [4.69, 9.17) is 0 Å². The molecule has 1 aliphatic carbocycles. The van der Waals surface area contributed by atoms with E-state index in [1.165, 1.54) is 6.20 Å². The van der Waals surface area contributed by atoms with Crippen LogP contribution in [0.25, 0.3) is 0 Å². The highest BCUT2D eigenvalue weighted by Gasteiger charge is 2.40. The van der Waals surface area contributed by atoms with Gasteiger partial charge >= 0.3 is 0 Å². The zero-order valence-electron chi connectivity index (χ0n) is 8.70. The van der Waals surface area contributed by atoms with Gasteiger partial charge in [-0.1, -0.05) is 6.07 Å². The first-order valence-electron chi connectivity index (χ1n) is 5.25. The van der Waals surface area contributed by atoms with E-state index in [0.717, 1.165) is 12.8 Å². The Morgan fingerprint density at radius 3 is 2.81 bits per heavy atom. The predicted octanol–water partition coefficient (Wildman–Crippen LogP) is 1.57. The van der Waals surface area contributed by atoms with Gasteiger partial charge in [-0.05, 0) is 30.9 Å². The second kappa shape index (κ2) is 4.38. The average Bonchev–Trinajstić information content (AvgIpc) is 3.10. The van der Waals surface area contributed by atoms with Crippen LogP contribution in [0, 0.1) is 22.0 Å². The number of nitrogens with zero attached hydrogens (tertiary/aromatic N) is 2. The number of nitro groups is 1. The molecule has 0 aromatic carbocycles. The molecule has 2 rings (SSSR count). The number of rotatable bonds is 5. The zero-order chi connectivity index (χ0) is 11.5. The normalized spacial score (nSPS) is 16.8. The molecule has 0 unspecified atom stereocenters. The fraction of sp³-hybridized carbons (Fsp3) is 0.455. The highest BCUT2D eigenvalue weighted by molar-refractivity contribution is 5.96. The van der Waals surface area contributed by atoms with Gasteiger partial charge < -0.3 is 0 Å². The van der Waals surface area contributed by atoms with E-state index in [0.29, 0.717) is 5.69 Å². The van der Waals surface area contributed by atoms with Gasteiger partial charge in [0, 0.05) is 11.1 Å². The molecule has 0 saturated heterocycles. The highest BCUT2D eigenvalue weighted by atomic mass is 16.6. The quantitative estimate of drug-likeness (QED) is 0.429. The Labute approximate surface area is 92.6 Å². The summed E-state index contributed by atoms with van der Waals surface area (Å²) in [5.41, 5.74) is 0.334. The van der Waals surface area contributed by atoms with Gasteiger partial charge in [-0.15, -0.1) is 0 Å². The first kappa shape index (κ1) is 10.7. The summed E-state index contributed by atoms with van der Waals surface area (Å²) in [4.78, 5) is 26.0. The van der Waals surface area contributed by atoms with Gasteiger partial charge in [-0.2, -0.15) is 0 Å². The van der Waals surface area contributed by atoms with Crippen LogP contribution in [0.2, 0.25) is 0 Å². The molecule has 1 heterocycles. The number of carbonyl (C=O) groups excluding carboxylic acids is 1. The molecule has 1 fully saturated rings. The number of aromatic nitrogens is 1. The van der Waals surface area contributed by atoms with Crippen molar-refractivity contribution in [1.29, 1.82) is 0 Å². The summed E-state index contributed by atoms with van der Waals surface area (Å²) in [7, 11) is 0. The summed E-state index contributed by atoms with van der Waals surface area (Å²) < 4.78 is 0. The van der Waals surface area contributed by atoms with E-state index in [1.54, 1.807) is 18.2 Å². The summed E-state index contributed by atoms with van der Waals surface area (Å²) in [6.45, 7) is -0.278. The van der Waals surface area contributed by atoms with Crippen molar-refractivity contribution in [3.05, 3.63) is 40.2 Å². The van der Waals surface area contributed by atoms with E-state index >= 15 is 0 Å². The van der Waals surface area contributed by atoms with Gasteiger partial charge in [0.05, 0.1) is 5.92 Å². The fourth-order valence-electron chi connectivity index (χ4n) is 1.80. The van der Waals surface area contributed by atoms with Crippen LogP contribution in [0.15, 0.2) is 24.4 Å². The minimum atomic E-state index is -0.495. The number of Topliss-reactive ketones (excluding diaryl/α,β-unsaturated/α-hetero) is 1. The highest BCUT2D eigenvalue weighted by Crippen LogP contribution is 2.38. The van der Waals surface area contributed by atoms with Crippen molar-refractivity contribution in [1.82, 2.24) is 4.98 Å². The molecule has 0 N–H and O–H groups in total. The summed E-state index contributed by atoms with van der Waals surface area (Å²) in [6.07, 6.45) is 3.36. The van der Waals surface area contributed by atoms with Crippen LogP contribution in [0.1, 0.15) is 23.3 Å². The minimum absolute atomic E-state index is 0.180. The molecule has 0 radical (unpaired) electrons. The molecule has 16 heavy (non-hydrogen) atoms. The Kier molecular flexibility index (Phi) is 2.94. The Hall–Kier alpha value is -1.78. The standard InChI is InChI=1S/C11H12N2O3/c14-11(10-3-1-2-6-12-10)9(7-13(15)16)8-4-5-8/h1-3,6,8-9H,4-5,7H2/t9-/m1/s1. The number of pyridine rings is 1. The number of hydrogen-bond donors (Lipinski definition) is 0. The molecule has 0 aliphatic heterocycles. The summed E-state index contributed by atoms with van der Waals surface area (Å²) in [5, 5.41) is 10.5. The molecule has 5 nitrogen and oxygen atoms in total. The van der Waals surface area contributed by atoms with E-state index in [9.17, 15) is 14.9 Å². The van der Waals surface area contributed by atoms with Crippen LogP contribution >= 0.6 is 0 Å². The van der Waals surface area contributed by atoms with Crippen molar-refractivity contribution >= 4 is 5.78 Å². The lowest BCUT2D eigenvalue weighted by Gasteiger charge is -2.09. The number of hydrogen-bond acceptors (Lipinski definition) is 4. The SMILES string of the molecule is O=C(c1ccccn1)[C@H](C[N+](=O)[O-])C1CC1. The Balaban J connectivity index is 2.14. The van der Waals surface area contributed by atoms with Crippen LogP contribution < -0.4 is 0 Å². The van der Waals surface area contributed by atoms with E-state index < -0.39 is 10.8 Å². The van der Waals surface area contributed by atoms with Gasteiger partial charge in [0.2, 0.25) is 6.54 Å². The third-order valence-electron chi connectivity index (χ3n) is 2.79. The van der Waals surface area contributed by atoms with Crippen LogP contribution in [0.3, 0.4) is 0 Å². The van der Waals surface area contributed by atoms with Crippen molar-refractivity contribution in [2.24, 2.45) is 11.8 Å². The van der Waals surface area contributed by atoms with Crippen LogP contribution in [-0.4, -0.2) is 22.2 Å². The lowest BCUT2D eigenvalue weighted by molar-refractivity contribution is -0.485. The molecule has 1 atom stereocenters. The molecule has 1 saturated carbocycles. The maximum absolute atomic E-state index is 12.0. The van der Waals surface area contributed by atoms with Gasteiger partial charge in [-0.3, -0.25) is 19.9 Å². The average molecular weight is 220 g/mol. The molecular formula is C11H12N2O3. The largest absolute Gasteiger partial charge is 0.292 e. The Bertz CT molecular complexity index is 401. The van der Waals surface area contributed by atoms with Crippen LogP contribution in [0.4, 0.5) is 0 Å². The maximum atomic E-state index is 12.0. The smallest absolute Gasteiger partial charge is 0.214 e. The van der Waals surface area contributed by atoms with Crippen LogP contribution in [0.5, 0.6) is 0 Å². The summed E-state index contributed by atoms with van der Waals surface area (Å²) in [6, 6.07) is 5.05.